The summed E-state index contributed by atoms with van der Waals surface area (Å²) in [7, 11) is 0. The summed E-state index contributed by atoms with van der Waals surface area (Å²) in [6.07, 6.45) is 5.62. The molecule has 0 N–H and O–H groups in total. The van der Waals surface area contributed by atoms with Crippen molar-refractivity contribution in [3.05, 3.63) is 35.6 Å². The molecule has 0 aliphatic carbocycles. The van der Waals surface area contributed by atoms with Crippen molar-refractivity contribution >= 4 is 0 Å². The Morgan fingerprint density at radius 2 is 1.92 bits per heavy atom. The van der Waals surface area contributed by atoms with E-state index in [0.717, 1.165) is 6.42 Å². The lowest BCUT2D eigenvalue weighted by Gasteiger charge is -1.89. The van der Waals surface area contributed by atoms with E-state index in [1.165, 1.54) is 6.07 Å². The van der Waals surface area contributed by atoms with Crippen LogP contribution in [0.15, 0.2) is 24.3 Å². The molecule has 12 heavy (non-hydrogen) atoms. The summed E-state index contributed by atoms with van der Waals surface area (Å²) < 4.78 is 12.3. The molecule has 0 spiro atoms. The van der Waals surface area contributed by atoms with Crippen LogP contribution in [-0.4, -0.2) is 0 Å². The van der Waals surface area contributed by atoms with Gasteiger partial charge in [0.2, 0.25) is 0 Å². The molecule has 64 valence electrons. The number of benzene rings is 1. The van der Waals surface area contributed by atoms with Crippen LogP contribution in [0.5, 0.6) is 0 Å². The maximum Gasteiger partial charge on any atom is 0.126 e. The lowest BCUT2D eigenvalue weighted by atomic mass is 10.2. The maximum atomic E-state index is 12.3. The Bertz CT molecular complexity index is 237. The first-order valence-corrected chi connectivity index (χ1v) is 3.87. The van der Waals surface area contributed by atoms with Gasteiger partial charge in [-0.15, -0.1) is 12.3 Å². The minimum Gasteiger partial charge on any atom is -0.207 e. The molecular weight excluding hydrogens is 151 g/mol. The maximum absolute atomic E-state index is 12.3. The fourth-order valence-corrected chi connectivity index (χ4v) is 0.551. The number of hydrogen-bond acceptors (Lipinski definition) is 0. The standard InChI is InChI=1S/C7H7F.C4H6/c1-6-4-2-3-5-7(6)8;1-3-4-2/h2-5H,1H3;1H,4H2,2H3. The van der Waals surface area contributed by atoms with E-state index in [0.29, 0.717) is 5.56 Å². The molecule has 0 aliphatic rings. The molecule has 0 heterocycles. The molecule has 1 aromatic carbocycles. The van der Waals surface area contributed by atoms with Gasteiger partial charge < -0.3 is 0 Å². The molecule has 0 saturated carbocycles. The van der Waals surface area contributed by atoms with E-state index in [1.54, 1.807) is 19.1 Å². The first-order valence-electron chi connectivity index (χ1n) is 3.87. The number of hydrogen-bond donors (Lipinski definition) is 0. The van der Waals surface area contributed by atoms with E-state index >= 15 is 0 Å². The summed E-state index contributed by atoms with van der Waals surface area (Å²) in [5, 5.41) is 0. The Morgan fingerprint density at radius 3 is 2.17 bits per heavy atom. The van der Waals surface area contributed by atoms with Gasteiger partial charge >= 0.3 is 0 Å². The van der Waals surface area contributed by atoms with Gasteiger partial charge in [0.1, 0.15) is 5.82 Å². The number of rotatable bonds is 0. The van der Waals surface area contributed by atoms with Crippen LogP contribution in [0.4, 0.5) is 4.39 Å². The molecule has 0 bridgehead atoms. The molecule has 0 unspecified atom stereocenters. The molecular formula is C11H13F. The summed E-state index contributed by atoms with van der Waals surface area (Å²) in [6.45, 7) is 3.69. The van der Waals surface area contributed by atoms with Gasteiger partial charge in [-0.2, -0.15) is 0 Å². The topological polar surface area (TPSA) is 0 Å². The Morgan fingerprint density at radius 1 is 1.42 bits per heavy atom. The highest BCUT2D eigenvalue weighted by molar-refractivity contribution is 5.14. The minimum absolute atomic E-state index is 0.132. The highest BCUT2D eigenvalue weighted by Crippen LogP contribution is 2.01. The van der Waals surface area contributed by atoms with Gasteiger partial charge in [-0.3, -0.25) is 0 Å². The smallest absolute Gasteiger partial charge is 0.126 e. The van der Waals surface area contributed by atoms with Crippen LogP contribution >= 0.6 is 0 Å². The second-order valence-electron chi connectivity index (χ2n) is 2.31. The van der Waals surface area contributed by atoms with Crippen LogP contribution in [0.3, 0.4) is 0 Å². The fourth-order valence-electron chi connectivity index (χ4n) is 0.551. The largest absolute Gasteiger partial charge is 0.207 e. The van der Waals surface area contributed by atoms with Crippen molar-refractivity contribution in [1.82, 2.24) is 0 Å². The summed E-state index contributed by atoms with van der Waals surface area (Å²) >= 11 is 0. The van der Waals surface area contributed by atoms with Crippen molar-refractivity contribution in [2.24, 2.45) is 0 Å². The SMILES string of the molecule is C#CCC.Cc1ccccc1F. The van der Waals surface area contributed by atoms with Crippen LogP contribution in [0.2, 0.25) is 0 Å². The second kappa shape index (κ2) is 6.42. The third kappa shape index (κ3) is 4.51. The molecule has 1 aromatic rings. The van der Waals surface area contributed by atoms with E-state index in [9.17, 15) is 4.39 Å². The van der Waals surface area contributed by atoms with E-state index in [2.05, 4.69) is 5.92 Å². The average molecular weight is 164 g/mol. The van der Waals surface area contributed by atoms with Crippen molar-refractivity contribution < 1.29 is 4.39 Å². The highest BCUT2D eigenvalue weighted by atomic mass is 19.1. The van der Waals surface area contributed by atoms with Crippen molar-refractivity contribution in [3.8, 4) is 12.3 Å². The van der Waals surface area contributed by atoms with Gasteiger partial charge in [-0.25, -0.2) is 4.39 Å². The van der Waals surface area contributed by atoms with E-state index in [-0.39, 0.29) is 5.82 Å². The molecule has 0 fully saturated rings. The van der Waals surface area contributed by atoms with Gasteiger partial charge in [0, 0.05) is 6.42 Å². The Kier molecular flexibility index (Phi) is 5.73. The quantitative estimate of drug-likeness (QED) is 0.517. The lowest BCUT2D eigenvalue weighted by Crippen LogP contribution is -1.76. The predicted octanol–water partition coefficient (Wildman–Crippen LogP) is 3.16. The molecule has 0 atom stereocenters. The van der Waals surface area contributed by atoms with Gasteiger partial charge in [0.15, 0.2) is 0 Å². The molecule has 0 saturated heterocycles. The van der Waals surface area contributed by atoms with Crippen LogP contribution in [0, 0.1) is 25.1 Å². The third-order valence-corrected chi connectivity index (χ3v) is 1.28. The molecule has 0 radical (unpaired) electrons. The lowest BCUT2D eigenvalue weighted by molar-refractivity contribution is 0.618. The van der Waals surface area contributed by atoms with Crippen molar-refractivity contribution in [1.29, 1.82) is 0 Å². The summed E-state index contributed by atoms with van der Waals surface area (Å²) in [5.74, 6) is 2.30. The van der Waals surface area contributed by atoms with Gasteiger partial charge in [0.05, 0.1) is 0 Å². The number of aryl methyl sites for hydroxylation is 1. The van der Waals surface area contributed by atoms with E-state index in [1.807, 2.05) is 13.0 Å². The monoisotopic (exact) mass is 164 g/mol. The molecule has 0 aromatic heterocycles. The Hall–Kier alpha value is -1.29. The molecule has 0 nitrogen and oxygen atoms in total. The molecule has 0 aliphatic heterocycles. The number of halogens is 1. The molecule has 1 rings (SSSR count). The predicted molar refractivity (Wildman–Crippen MR) is 50.3 cm³/mol. The normalized spacial score (nSPS) is 7.83. The fraction of sp³-hybridized carbons (Fsp3) is 0.273. The van der Waals surface area contributed by atoms with Crippen LogP contribution in [0.1, 0.15) is 18.9 Å². The Labute approximate surface area is 73.4 Å². The zero-order valence-electron chi connectivity index (χ0n) is 7.47. The average Bonchev–Trinajstić information content (AvgIpc) is 2.11. The molecule has 1 heteroatoms. The third-order valence-electron chi connectivity index (χ3n) is 1.28. The van der Waals surface area contributed by atoms with Gasteiger partial charge in [-0.05, 0) is 18.6 Å². The number of terminal acetylenes is 1. The summed E-state index contributed by atoms with van der Waals surface area (Å²) in [4.78, 5) is 0. The second-order valence-corrected chi connectivity index (χ2v) is 2.31. The van der Waals surface area contributed by atoms with Crippen LogP contribution < -0.4 is 0 Å². The first kappa shape index (κ1) is 10.7. The van der Waals surface area contributed by atoms with Crippen molar-refractivity contribution in [2.75, 3.05) is 0 Å². The first-order chi connectivity index (χ1) is 5.72. The summed E-state index contributed by atoms with van der Waals surface area (Å²) in [6, 6.07) is 6.70. The summed E-state index contributed by atoms with van der Waals surface area (Å²) in [5.41, 5.74) is 0.701. The Balaban J connectivity index is 0.000000261. The highest BCUT2D eigenvalue weighted by Gasteiger charge is 1.88. The zero-order valence-corrected chi connectivity index (χ0v) is 7.47. The van der Waals surface area contributed by atoms with Crippen LogP contribution in [0.25, 0.3) is 0 Å². The van der Waals surface area contributed by atoms with Crippen LogP contribution in [-0.2, 0) is 0 Å². The van der Waals surface area contributed by atoms with Gasteiger partial charge in [-0.1, -0.05) is 25.1 Å². The minimum atomic E-state index is -0.132. The van der Waals surface area contributed by atoms with E-state index < -0.39 is 0 Å². The zero-order chi connectivity index (χ0) is 9.40. The van der Waals surface area contributed by atoms with Gasteiger partial charge in [0.25, 0.3) is 0 Å². The van der Waals surface area contributed by atoms with Crippen molar-refractivity contribution in [3.63, 3.8) is 0 Å². The molecule has 0 amide bonds. The van der Waals surface area contributed by atoms with E-state index in [4.69, 9.17) is 6.42 Å². The van der Waals surface area contributed by atoms with Crippen molar-refractivity contribution in [2.45, 2.75) is 20.3 Å².